The van der Waals surface area contributed by atoms with Crippen molar-refractivity contribution >= 4 is 11.9 Å². The van der Waals surface area contributed by atoms with Crippen molar-refractivity contribution in [1.29, 1.82) is 0 Å². The number of carbonyl (C=O) groups excluding carboxylic acids is 2. The minimum Gasteiger partial charge on any atom is -0.454 e. The highest BCUT2D eigenvalue weighted by atomic mass is 16.5. The monoisotopic (exact) mass is 262 g/mol. The summed E-state index contributed by atoms with van der Waals surface area (Å²) in [5.41, 5.74) is 4.33. The lowest BCUT2D eigenvalue weighted by molar-refractivity contribution is -0.120. The number of amides is 1. The van der Waals surface area contributed by atoms with Crippen LogP contribution in [-0.4, -0.2) is 11.9 Å². The summed E-state index contributed by atoms with van der Waals surface area (Å²) in [5.74, 6) is 4.46. The average molecular weight is 262 g/mol. The molecule has 1 amide bonds. The first-order valence-corrected chi connectivity index (χ1v) is 6.49. The summed E-state index contributed by atoms with van der Waals surface area (Å²) in [6, 6.07) is 5.44. The molecular formula is C14H18N2O3. The number of nitrogens with one attached hydrogen (secondary N) is 1. The molecule has 0 spiro atoms. The van der Waals surface area contributed by atoms with Gasteiger partial charge in [-0.05, 0) is 24.5 Å². The zero-order chi connectivity index (χ0) is 13.8. The van der Waals surface area contributed by atoms with Crippen LogP contribution in [0.2, 0.25) is 0 Å². The van der Waals surface area contributed by atoms with Crippen molar-refractivity contribution in [2.45, 2.75) is 38.7 Å². The number of hydrazine groups is 1. The van der Waals surface area contributed by atoms with E-state index in [1.807, 2.05) is 12.1 Å². The predicted molar refractivity (Wildman–Crippen MR) is 70.2 cm³/mol. The van der Waals surface area contributed by atoms with E-state index in [-0.39, 0.29) is 24.4 Å². The largest absolute Gasteiger partial charge is 0.454 e. The van der Waals surface area contributed by atoms with Crippen molar-refractivity contribution in [2.75, 3.05) is 0 Å². The summed E-state index contributed by atoms with van der Waals surface area (Å²) in [7, 11) is 0. The van der Waals surface area contributed by atoms with E-state index in [1.165, 1.54) is 0 Å². The Kier molecular flexibility index (Phi) is 4.16. The van der Waals surface area contributed by atoms with Crippen LogP contribution in [0.5, 0.6) is 0 Å². The van der Waals surface area contributed by atoms with Crippen molar-refractivity contribution in [3.63, 3.8) is 0 Å². The molecule has 0 saturated heterocycles. The summed E-state index contributed by atoms with van der Waals surface area (Å²) in [4.78, 5) is 23.0. The predicted octanol–water partition coefficient (Wildman–Crippen LogP) is 1.62. The van der Waals surface area contributed by atoms with Gasteiger partial charge in [0.05, 0.1) is 12.0 Å². The number of benzene rings is 1. The number of esters is 1. The van der Waals surface area contributed by atoms with Crippen LogP contribution >= 0.6 is 0 Å². The lowest BCUT2D eigenvalue weighted by Gasteiger charge is -2.09. The summed E-state index contributed by atoms with van der Waals surface area (Å²) < 4.78 is 5.36. The third kappa shape index (κ3) is 2.93. The Morgan fingerprint density at radius 1 is 1.47 bits per heavy atom. The number of carbonyl (C=O) groups is 2. The van der Waals surface area contributed by atoms with Crippen LogP contribution in [0.25, 0.3) is 0 Å². The minimum absolute atomic E-state index is 0.139. The molecule has 102 valence electrons. The number of rotatable bonds is 5. The topological polar surface area (TPSA) is 81.4 Å². The molecule has 2 rings (SSSR count). The highest BCUT2D eigenvalue weighted by molar-refractivity contribution is 5.94. The normalized spacial score (nSPS) is 16.9. The van der Waals surface area contributed by atoms with Gasteiger partial charge in [0.25, 0.3) is 0 Å². The molecule has 1 aromatic rings. The van der Waals surface area contributed by atoms with E-state index < -0.39 is 0 Å². The average Bonchev–Trinajstić information content (AvgIpc) is 2.73. The van der Waals surface area contributed by atoms with Gasteiger partial charge in [-0.1, -0.05) is 25.5 Å². The summed E-state index contributed by atoms with van der Waals surface area (Å²) in [6.45, 7) is 2.10. The maximum Gasteiger partial charge on any atom is 0.339 e. The number of fused-ring (bicyclic) bond motifs is 1. The molecule has 0 bridgehead atoms. The van der Waals surface area contributed by atoms with Crippen LogP contribution in [0.15, 0.2) is 18.2 Å². The molecule has 3 N–H and O–H groups in total. The molecule has 1 aliphatic heterocycles. The molecule has 1 atom stereocenters. The lowest BCUT2D eigenvalue weighted by atomic mass is 9.98. The number of ether oxygens (including phenoxy) is 1. The zero-order valence-corrected chi connectivity index (χ0v) is 10.9. The Bertz CT molecular complexity index is 499. The van der Waals surface area contributed by atoms with Gasteiger partial charge in [-0.25, -0.2) is 10.6 Å². The van der Waals surface area contributed by atoms with Gasteiger partial charge in [-0.3, -0.25) is 10.2 Å². The van der Waals surface area contributed by atoms with Gasteiger partial charge in [0, 0.05) is 5.56 Å². The second-order valence-electron chi connectivity index (χ2n) is 4.70. The molecule has 0 saturated carbocycles. The van der Waals surface area contributed by atoms with Gasteiger partial charge in [-0.15, -0.1) is 0 Å². The lowest BCUT2D eigenvalue weighted by Crippen LogP contribution is -2.31. The highest BCUT2D eigenvalue weighted by Gasteiger charge is 2.30. The van der Waals surface area contributed by atoms with Crippen molar-refractivity contribution in [1.82, 2.24) is 5.43 Å². The number of hydrogen-bond acceptors (Lipinski definition) is 4. The van der Waals surface area contributed by atoms with Crippen LogP contribution < -0.4 is 11.3 Å². The Balaban J connectivity index is 2.18. The maximum atomic E-state index is 11.8. The van der Waals surface area contributed by atoms with E-state index >= 15 is 0 Å². The first kappa shape index (κ1) is 13.5. The van der Waals surface area contributed by atoms with Gasteiger partial charge >= 0.3 is 5.97 Å². The fourth-order valence-electron chi connectivity index (χ4n) is 2.27. The fraction of sp³-hybridized carbons (Fsp3) is 0.429. The molecule has 1 heterocycles. The molecule has 19 heavy (non-hydrogen) atoms. The second kappa shape index (κ2) is 5.84. The Labute approximate surface area is 112 Å². The fourth-order valence-corrected chi connectivity index (χ4v) is 2.27. The van der Waals surface area contributed by atoms with Crippen LogP contribution in [0.1, 0.15) is 53.8 Å². The van der Waals surface area contributed by atoms with Crippen LogP contribution in [-0.2, 0) is 16.0 Å². The molecule has 0 aliphatic carbocycles. The van der Waals surface area contributed by atoms with Gasteiger partial charge in [0.15, 0.2) is 0 Å². The van der Waals surface area contributed by atoms with E-state index in [1.54, 1.807) is 6.07 Å². The first-order chi connectivity index (χ1) is 9.15. The van der Waals surface area contributed by atoms with Crippen LogP contribution in [0.3, 0.4) is 0 Å². The smallest absolute Gasteiger partial charge is 0.339 e. The van der Waals surface area contributed by atoms with Crippen LogP contribution in [0, 0.1) is 0 Å². The van der Waals surface area contributed by atoms with E-state index in [0.717, 1.165) is 30.4 Å². The number of nitrogens with two attached hydrogens (primary N) is 1. The third-order valence-electron chi connectivity index (χ3n) is 3.28. The first-order valence-electron chi connectivity index (χ1n) is 6.49. The van der Waals surface area contributed by atoms with E-state index in [0.29, 0.717) is 5.56 Å². The van der Waals surface area contributed by atoms with E-state index in [9.17, 15) is 9.59 Å². The minimum atomic E-state index is -0.300. The highest BCUT2D eigenvalue weighted by Crippen LogP contribution is 2.34. The third-order valence-corrected chi connectivity index (χ3v) is 3.28. The Morgan fingerprint density at radius 3 is 2.95 bits per heavy atom. The van der Waals surface area contributed by atoms with Gasteiger partial charge in [0.1, 0.15) is 6.10 Å². The van der Waals surface area contributed by atoms with Crippen molar-refractivity contribution in [2.24, 2.45) is 5.84 Å². The molecule has 0 fully saturated rings. The van der Waals surface area contributed by atoms with Gasteiger partial charge in [-0.2, -0.15) is 0 Å². The van der Waals surface area contributed by atoms with Crippen molar-refractivity contribution in [3.05, 3.63) is 34.9 Å². The Hall–Kier alpha value is -1.88. The molecular weight excluding hydrogens is 244 g/mol. The van der Waals surface area contributed by atoms with Gasteiger partial charge < -0.3 is 4.74 Å². The zero-order valence-electron chi connectivity index (χ0n) is 10.9. The van der Waals surface area contributed by atoms with Crippen molar-refractivity contribution < 1.29 is 14.3 Å². The summed E-state index contributed by atoms with van der Waals surface area (Å²) in [5, 5.41) is 0. The molecule has 1 aliphatic rings. The molecule has 1 unspecified atom stereocenters. The quantitative estimate of drug-likeness (QED) is 0.365. The number of unbranched alkanes of at least 4 members (excludes halogenated alkanes) is 1. The molecule has 1 aromatic carbocycles. The number of hydrogen-bond donors (Lipinski definition) is 2. The summed E-state index contributed by atoms with van der Waals surface area (Å²) in [6.07, 6.45) is 2.96. The summed E-state index contributed by atoms with van der Waals surface area (Å²) >= 11 is 0. The molecule has 5 nitrogen and oxygen atoms in total. The maximum absolute atomic E-state index is 11.8. The van der Waals surface area contributed by atoms with E-state index in [4.69, 9.17) is 10.6 Å². The second-order valence-corrected chi connectivity index (χ2v) is 4.70. The van der Waals surface area contributed by atoms with Crippen LogP contribution in [0.4, 0.5) is 0 Å². The van der Waals surface area contributed by atoms with Gasteiger partial charge in [0.2, 0.25) is 5.91 Å². The molecule has 5 heteroatoms. The number of cyclic esters (lactones) is 1. The standard InChI is InChI=1S/C14H18N2O3/c1-2-3-4-12-10-6-5-9(8-13(17)16-15)7-11(10)14(18)19-12/h5-7,12H,2-4,8,15H2,1H3,(H,16,17). The SMILES string of the molecule is CCCCC1OC(=O)c2cc(CC(=O)NN)ccc21. The molecule has 0 aromatic heterocycles. The Morgan fingerprint density at radius 2 is 2.26 bits per heavy atom. The van der Waals surface area contributed by atoms with Crippen molar-refractivity contribution in [3.8, 4) is 0 Å². The molecule has 0 radical (unpaired) electrons. The van der Waals surface area contributed by atoms with E-state index in [2.05, 4.69) is 12.3 Å².